The van der Waals surface area contributed by atoms with E-state index in [4.69, 9.17) is 15.2 Å². The van der Waals surface area contributed by atoms with Gasteiger partial charge in [-0.15, -0.1) is 0 Å². The molecule has 9 nitrogen and oxygen atoms in total. The summed E-state index contributed by atoms with van der Waals surface area (Å²) in [6.07, 6.45) is 1.90. The number of dihydropyridines is 1. The van der Waals surface area contributed by atoms with Gasteiger partial charge in [0, 0.05) is 27.9 Å². The van der Waals surface area contributed by atoms with Crippen molar-refractivity contribution in [2.75, 3.05) is 20.3 Å². The molecule has 2 amide bonds. The van der Waals surface area contributed by atoms with E-state index in [-0.39, 0.29) is 19.6 Å². The van der Waals surface area contributed by atoms with E-state index >= 15 is 0 Å². The van der Waals surface area contributed by atoms with Crippen molar-refractivity contribution in [3.63, 3.8) is 0 Å². The fourth-order valence-corrected chi connectivity index (χ4v) is 5.69. The monoisotopic (exact) mass is 588 g/mol. The molecule has 226 valence electrons. The molecule has 0 saturated heterocycles. The normalized spacial score (nSPS) is 22.7. The van der Waals surface area contributed by atoms with Crippen molar-refractivity contribution in [3.05, 3.63) is 93.8 Å². The number of ether oxygens (including phenoxy) is 2. The number of carbonyl (C=O) groups excluding carboxylic acids is 2. The first kappa shape index (κ1) is 30.0. The van der Waals surface area contributed by atoms with Crippen LogP contribution in [-0.2, 0) is 15.1 Å². The average Bonchev–Trinajstić information content (AvgIpc) is 3.34. The summed E-state index contributed by atoms with van der Waals surface area (Å²) in [5.74, 6) is -0.450. The van der Waals surface area contributed by atoms with Crippen LogP contribution in [0.3, 0.4) is 0 Å². The molecule has 0 saturated carbocycles. The van der Waals surface area contributed by atoms with Crippen molar-refractivity contribution in [1.29, 1.82) is 0 Å². The molecule has 0 aliphatic carbocycles. The van der Waals surface area contributed by atoms with E-state index in [2.05, 4.69) is 15.6 Å². The molecule has 1 aromatic heterocycles. The molecule has 0 bridgehead atoms. The summed E-state index contributed by atoms with van der Waals surface area (Å²) in [5, 5.41) is 19.0. The lowest BCUT2D eigenvalue weighted by Gasteiger charge is -2.42. The standard InChI is InChI=1S/C33H37FN4O5/c1-7-33(41,16-36-29(39)21-13-20-12-18(2)19(3)37-27(20)25(14-21)42-6)26-15-24-28(43-17-31(24,4)30(35)40)32(5,38-26)22-8-10-23(34)11-9-22/h8-15,38,41H,7,16-17H2,1-6H3,(H2,35,40)(H,36,39)/t31-,32?,33-/m0/s1. The molecule has 5 N–H and O–H groups in total. The minimum Gasteiger partial charge on any atom is -0.494 e. The van der Waals surface area contributed by atoms with Crippen LogP contribution < -0.4 is 21.1 Å². The van der Waals surface area contributed by atoms with Gasteiger partial charge >= 0.3 is 0 Å². The van der Waals surface area contributed by atoms with Crippen LogP contribution in [0.5, 0.6) is 5.75 Å². The summed E-state index contributed by atoms with van der Waals surface area (Å²) in [7, 11) is 1.53. The van der Waals surface area contributed by atoms with E-state index in [1.807, 2.05) is 26.8 Å². The highest BCUT2D eigenvalue weighted by Crippen LogP contribution is 2.49. The highest BCUT2D eigenvalue weighted by Gasteiger charge is 2.53. The number of methoxy groups -OCH3 is 1. The number of nitrogens with zero attached hydrogens (tertiary/aromatic N) is 1. The Hall–Kier alpha value is -4.44. The van der Waals surface area contributed by atoms with Crippen molar-refractivity contribution in [2.24, 2.45) is 11.1 Å². The molecule has 10 heteroatoms. The van der Waals surface area contributed by atoms with E-state index in [0.717, 1.165) is 16.6 Å². The zero-order chi connectivity index (χ0) is 31.3. The number of aliphatic hydroxyl groups is 1. The molecule has 2 aromatic carbocycles. The zero-order valence-corrected chi connectivity index (χ0v) is 25.2. The first-order valence-electron chi connectivity index (χ1n) is 14.2. The summed E-state index contributed by atoms with van der Waals surface area (Å²) < 4.78 is 25.5. The number of fused-ring (bicyclic) bond motifs is 1. The Kier molecular flexibility index (Phi) is 7.46. The van der Waals surface area contributed by atoms with Crippen LogP contribution in [0, 0.1) is 25.1 Å². The maximum absolute atomic E-state index is 13.9. The van der Waals surface area contributed by atoms with Crippen LogP contribution in [-0.4, -0.2) is 47.8 Å². The Balaban J connectivity index is 1.50. The van der Waals surface area contributed by atoms with E-state index in [0.29, 0.717) is 39.4 Å². The summed E-state index contributed by atoms with van der Waals surface area (Å²) >= 11 is 0. The van der Waals surface area contributed by atoms with E-state index in [1.54, 1.807) is 44.2 Å². The zero-order valence-electron chi connectivity index (χ0n) is 25.2. The number of carbonyl (C=O) groups is 2. The first-order valence-corrected chi connectivity index (χ1v) is 14.2. The SMILES string of the molecule is CC[C@](O)(CNC(=O)c1cc(OC)c2nc(C)c(C)cc2c1)C1=CC2=C(OC[C@]2(C)C(N)=O)C(C)(c2ccc(F)cc2)N1. The predicted octanol–water partition coefficient (Wildman–Crippen LogP) is 4.05. The van der Waals surface area contributed by atoms with Crippen LogP contribution in [0.1, 0.15) is 54.4 Å². The average molecular weight is 589 g/mol. The molecule has 3 heterocycles. The van der Waals surface area contributed by atoms with Crippen molar-refractivity contribution >= 4 is 22.7 Å². The van der Waals surface area contributed by atoms with Crippen LogP contribution in [0.4, 0.5) is 4.39 Å². The summed E-state index contributed by atoms with van der Waals surface area (Å²) in [6, 6.07) is 11.2. The van der Waals surface area contributed by atoms with Gasteiger partial charge in [-0.25, -0.2) is 9.37 Å². The molecule has 43 heavy (non-hydrogen) atoms. The van der Waals surface area contributed by atoms with Crippen molar-refractivity contribution in [3.8, 4) is 5.75 Å². The molecule has 0 fully saturated rings. The number of primary amides is 1. The third kappa shape index (κ3) is 4.99. The van der Waals surface area contributed by atoms with Gasteiger partial charge in [-0.2, -0.15) is 0 Å². The smallest absolute Gasteiger partial charge is 0.251 e. The van der Waals surface area contributed by atoms with Gasteiger partial charge in [0.15, 0.2) is 0 Å². The Morgan fingerprint density at radius 2 is 1.91 bits per heavy atom. The fraction of sp³-hybridized carbons (Fsp3) is 0.364. The summed E-state index contributed by atoms with van der Waals surface area (Å²) in [5.41, 5.74) is 6.44. The number of hydrogen-bond donors (Lipinski definition) is 4. The topological polar surface area (TPSA) is 136 Å². The second-order valence-electron chi connectivity index (χ2n) is 11.8. The lowest BCUT2D eigenvalue weighted by Crippen LogP contribution is -2.54. The second-order valence-corrected chi connectivity index (χ2v) is 11.8. The van der Waals surface area contributed by atoms with Gasteiger partial charge in [-0.3, -0.25) is 9.59 Å². The summed E-state index contributed by atoms with van der Waals surface area (Å²) in [4.78, 5) is 30.7. The number of rotatable bonds is 8. The van der Waals surface area contributed by atoms with Crippen LogP contribution in [0.15, 0.2) is 65.6 Å². The molecular formula is C33H37FN4O5. The lowest BCUT2D eigenvalue weighted by molar-refractivity contribution is -0.125. The number of benzene rings is 2. The van der Waals surface area contributed by atoms with Gasteiger partial charge in [0.1, 0.15) is 46.0 Å². The quantitative estimate of drug-likeness (QED) is 0.312. The largest absolute Gasteiger partial charge is 0.494 e. The highest BCUT2D eigenvalue weighted by atomic mass is 19.1. The third-order valence-corrected chi connectivity index (χ3v) is 8.87. The van der Waals surface area contributed by atoms with E-state index in [9.17, 15) is 19.1 Å². The Bertz CT molecular complexity index is 1700. The van der Waals surface area contributed by atoms with Gasteiger partial charge in [0.25, 0.3) is 5.91 Å². The van der Waals surface area contributed by atoms with Gasteiger partial charge in [0.05, 0.1) is 13.7 Å². The maximum Gasteiger partial charge on any atom is 0.251 e. The highest BCUT2D eigenvalue weighted by molar-refractivity contribution is 6.00. The lowest BCUT2D eigenvalue weighted by atomic mass is 9.74. The minimum absolute atomic E-state index is 0.0220. The molecule has 0 spiro atoms. The second kappa shape index (κ2) is 10.7. The number of aryl methyl sites for hydroxylation is 2. The van der Waals surface area contributed by atoms with Gasteiger partial charge in [0.2, 0.25) is 5.91 Å². The Morgan fingerprint density at radius 1 is 1.21 bits per heavy atom. The fourth-order valence-electron chi connectivity index (χ4n) is 5.69. The van der Waals surface area contributed by atoms with E-state index in [1.165, 1.54) is 19.2 Å². The third-order valence-electron chi connectivity index (χ3n) is 8.87. The number of pyridine rings is 1. The van der Waals surface area contributed by atoms with E-state index < -0.39 is 34.2 Å². The number of hydrogen-bond acceptors (Lipinski definition) is 7. The number of aromatic nitrogens is 1. The molecule has 1 unspecified atom stereocenters. The van der Waals surface area contributed by atoms with Gasteiger partial charge in [-0.05, 0) is 81.7 Å². The predicted molar refractivity (Wildman–Crippen MR) is 161 cm³/mol. The number of halogens is 1. The summed E-state index contributed by atoms with van der Waals surface area (Å²) in [6.45, 7) is 9.06. The van der Waals surface area contributed by atoms with Crippen LogP contribution >= 0.6 is 0 Å². The number of nitrogens with two attached hydrogens (primary N) is 1. The number of nitrogens with one attached hydrogen (secondary N) is 2. The molecule has 5 rings (SSSR count). The molecule has 2 aliphatic heterocycles. The number of amides is 2. The minimum atomic E-state index is -1.58. The Morgan fingerprint density at radius 3 is 2.53 bits per heavy atom. The molecule has 2 aliphatic rings. The van der Waals surface area contributed by atoms with Crippen molar-refractivity contribution in [2.45, 2.75) is 52.2 Å². The van der Waals surface area contributed by atoms with Gasteiger partial charge < -0.3 is 30.9 Å². The van der Waals surface area contributed by atoms with Crippen LogP contribution in [0.25, 0.3) is 10.9 Å². The molecule has 3 atom stereocenters. The van der Waals surface area contributed by atoms with Crippen LogP contribution in [0.2, 0.25) is 0 Å². The molecule has 0 radical (unpaired) electrons. The van der Waals surface area contributed by atoms with Crippen molar-refractivity contribution in [1.82, 2.24) is 15.6 Å². The number of allylic oxidation sites excluding steroid dienone is 1. The Labute approximate surface area is 250 Å². The molecule has 3 aromatic rings. The first-order chi connectivity index (χ1) is 20.3. The maximum atomic E-state index is 13.9. The molecular weight excluding hydrogens is 551 g/mol. The van der Waals surface area contributed by atoms with Gasteiger partial charge in [-0.1, -0.05) is 19.1 Å². The van der Waals surface area contributed by atoms with Crippen molar-refractivity contribution < 1.29 is 28.6 Å².